The Balaban J connectivity index is 2.04. The quantitative estimate of drug-likeness (QED) is 0.611. The van der Waals surface area contributed by atoms with Crippen molar-refractivity contribution in [1.29, 1.82) is 0 Å². The zero-order chi connectivity index (χ0) is 9.64. The summed E-state index contributed by atoms with van der Waals surface area (Å²) >= 11 is 0. The van der Waals surface area contributed by atoms with Crippen LogP contribution in [0.2, 0.25) is 0 Å². The third-order valence-corrected chi connectivity index (χ3v) is 4.55. The molecule has 2 saturated carbocycles. The number of nitrogens with two attached hydrogens (primary N) is 1. The fraction of sp³-hybridized carbons (Fsp3) is 1.00. The molecule has 0 aromatic carbocycles. The van der Waals surface area contributed by atoms with Gasteiger partial charge in [-0.25, -0.2) is 0 Å². The predicted octanol–water partition coefficient (Wildman–Crippen LogP) is 2.80. The summed E-state index contributed by atoms with van der Waals surface area (Å²) in [4.78, 5) is 0. The fourth-order valence-corrected chi connectivity index (χ4v) is 3.03. The topological polar surface area (TPSA) is 26.0 Å². The van der Waals surface area contributed by atoms with E-state index in [9.17, 15) is 0 Å². The second kappa shape index (κ2) is 2.98. The minimum Gasteiger partial charge on any atom is -0.325 e. The Labute approximate surface area is 82.1 Å². The normalized spacial score (nSPS) is 56.3. The zero-order valence-electron chi connectivity index (χ0n) is 9.22. The molecular formula is C12H23N. The van der Waals surface area contributed by atoms with Crippen LogP contribution in [0.5, 0.6) is 0 Å². The van der Waals surface area contributed by atoms with E-state index in [2.05, 4.69) is 20.8 Å². The van der Waals surface area contributed by atoms with Crippen molar-refractivity contribution in [2.24, 2.45) is 29.4 Å². The largest absolute Gasteiger partial charge is 0.325 e. The lowest BCUT2D eigenvalue weighted by Crippen LogP contribution is -2.41. The Hall–Kier alpha value is -0.0400. The van der Waals surface area contributed by atoms with E-state index >= 15 is 0 Å². The van der Waals surface area contributed by atoms with E-state index < -0.39 is 0 Å². The summed E-state index contributed by atoms with van der Waals surface area (Å²) in [6.07, 6.45) is 5.40. The molecule has 0 aromatic rings. The standard InChI is InChI=1S/C12H23N/c1-8-4-5-12(3,13)11-7-10(11)6-9(8)2/h8-11H,4-7,13H2,1-3H3/t8-,9?,10?,11?,12+/m1/s1. The summed E-state index contributed by atoms with van der Waals surface area (Å²) in [7, 11) is 0. The molecule has 0 spiro atoms. The number of hydrogen-bond donors (Lipinski definition) is 1. The van der Waals surface area contributed by atoms with Crippen molar-refractivity contribution in [3.05, 3.63) is 0 Å². The lowest BCUT2D eigenvalue weighted by molar-refractivity contribution is 0.234. The summed E-state index contributed by atoms with van der Waals surface area (Å²) < 4.78 is 0. The van der Waals surface area contributed by atoms with E-state index in [0.29, 0.717) is 0 Å². The third-order valence-electron chi connectivity index (χ3n) is 4.55. The van der Waals surface area contributed by atoms with Crippen molar-refractivity contribution in [2.75, 3.05) is 0 Å². The molecule has 76 valence electrons. The SMILES string of the molecule is CC1CC2CC2[C@@](C)(N)CC[C@H]1C. The van der Waals surface area contributed by atoms with Crippen molar-refractivity contribution in [2.45, 2.75) is 52.0 Å². The van der Waals surface area contributed by atoms with Crippen LogP contribution < -0.4 is 5.73 Å². The Kier molecular flexibility index (Phi) is 2.18. The lowest BCUT2D eigenvalue weighted by Gasteiger charge is -2.32. The van der Waals surface area contributed by atoms with Gasteiger partial charge in [-0.2, -0.15) is 0 Å². The summed E-state index contributed by atoms with van der Waals surface area (Å²) in [5, 5.41) is 0. The van der Waals surface area contributed by atoms with Gasteiger partial charge in [-0.3, -0.25) is 0 Å². The van der Waals surface area contributed by atoms with Gasteiger partial charge in [-0.1, -0.05) is 13.8 Å². The van der Waals surface area contributed by atoms with Crippen molar-refractivity contribution < 1.29 is 0 Å². The molecule has 0 aliphatic heterocycles. The van der Waals surface area contributed by atoms with Crippen molar-refractivity contribution in [3.63, 3.8) is 0 Å². The molecule has 2 fully saturated rings. The molecule has 1 nitrogen and oxygen atoms in total. The maximum Gasteiger partial charge on any atom is 0.0157 e. The smallest absolute Gasteiger partial charge is 0.0157 e. The van der Waals surface area contributed by atoms with Gasteiger partial charge >= 0.3 is 0 Å². The molecule has 5 atom stereocenters. The molecule has 2 aliphatic rings. The molecule has 0 radical (unpaired) electrons. The highest BCUT2D eigenvalue weighted by molar-refractivity contribution is 5.03. The molecular weight excluding hydrogens is 158 g/mol. The molecule has 0 heterocycles. The van der Waals surface area contributed by atoms with Gasteiger partial charge in [-0.05, 0) is 56.3 Å². The zero-order valence-corrected chi connectivity index (χ0v) is 9.22. The molecule has 2 aliphatic carbocycles. The number of fused-ring (bicyclic) bond motifs is 1. The lowest BCUT2D eigenvalue weighted by atomic mass is 9.78. The van der Waals surface area contributed by atoms with E-state index in [-0.39, 0.29) is 5.54 Å². The van der Waals surface area contributed by atoms with Crippen LogP contribution in [0.25, 0.3) is 0 Å². The minimum atomic E-state index is 0.152. The highest BCUT2D eigenvalue weighted by Gasteiger charge is 2.49. The Morgan fingerprint density at radius 2 is 1.85 bits per heavy atom. The van der Waals surface area contributed by atoms with Crippen LogP contribution >= 0.6 is 0 Å². The average molecular weight is 181 g/mol. The van der Waals surface area contributed by atoms with E-state index in [1.165, 1.54) is 25.7 Å². The number of hydrogen-bond acceptors (Lipinski definition) is 1. The van der Waals surface area contributed by atoms with E-state index in [0.717, 1.165) is 23.7 Å². The second-order valence-corrected chi connectivity index (χ2v) is 5.84. The molecule has 2 rings (SSSR count). The van der Waals surface area contributed by atoms with E-state index in [1.807, 2.05) is 0 Å². The molecule has 0 saturated heterocycles. The summed E-state index contributed by atoms with van der Waals surface area (Å²) in [6.45, 7) is 7.07. The van der Waals surface area contributed by atoms with Gasteiger partial charge in [0.05, 0.1) is 0 Å². The molecule has 13 heavy (non-hydrogen) atoms. The third kappa shape index (κ3) is 1.76. The Morgan fingerprint density at radius 1 is 1.15 bits per heavy atom. The van der Waals surface area contributed by atoms with Gasteiger partial charge in [0, 0.05) is 5.54 Å². The first kappa shape index (κ1) is 9.51. The summed E-state index contributed by atoms with van der Waals surface area (Å²) in [5.74, 6) is 3.62. The molecule has 2 N–H and O–H groups in total. The van der Waals surface area contributed by atoms with Crippen LogP contribution in [0.1, 0.15) is 46.5 Å². The first-order valence-electron chi connectivity index (χ1n) is 5.79. The molecule has 1 heteroatoms. The molecule has 0 aromatic heterocycles. The average Bonchev–Trinajstić information content (AvgIpc) is 2.78. The van der Waals surface area contributed by atoms with Crippen molar-refractivity contribution in [1.82, 2.24) is 0 Å². The van der Waals surface area contributed by atoms with Crippen LogP contribution in [0.4, 0.5) is 0 Å². The van der Waals surface area contributed by atoms with Crippen LogP contribution in [0.3, 0.4) is 0 Å². The summed E-state index contributed by atoms with van der Waals surface area (Å²) in [5.41, 5.74) is 6.49. The second-order valence-electron chi connectivity index (χ2n) is 5.84. The van der Waals surface area contributed by atoms with Gasteiger partial charge in [0.15, 0.2) is 0 Å². The molecule has 0 amide bonds. The van der Waals surface area contributed by atoms with Gasteiger partial charge in [-0.15, -0.1) is 0 Å². The molecule has 3 unspecified atom stereocenters. The maximum atomic E-state index is 6.34. The maximum absolute atomic E-state index is 6.34. The van der Waals surface area contributed by atoms with E-state index in [4.69, 9.17) is 5.73 Å². The Bertz CT molecular complexity index is 197. The van der Waals surface area contributed by atoms with Gasteiger partial charge in [0.2, 0.25) is 0 Å². The van der Waals surface area contributed by atoms with Crippen molar-refractivity contribution in [3.8, 4) is 0 Å². The fourth-order valence-electron chi connectivity index (χ4n) is 3.03. The molecule has 0 bridgehead atoms. The predicted molar refractivity (Wildman–Crippen MR) is 56.4 cm³/mol. The van der Waals surface area contributed by atoms with Crippen LogP contribution in [0.15, 0.2) is 0 Å². The highest BCUT2D eigenvalue weighted by Crippen LogP contribution is 2.53. The van der Waals surface area contributed by atoms with Gasteiger partial charge in [0.1, 0.15) is 0 Å². The first-order chi connectivity index (χ1) is 6.00. The number of rotatable bonds is 0. The monoisotopic (exact) mass is 181 g/mol. The van der Waals surface area contributed by atoms with Gasteiger partial charge in [0.25, 0.3) is 0 Å². The minimum absolute atomic E-state index is 0.152. The van der Waals surface area contributed by atoms with Crippen LogP contribution in [-0.4, -0.2) is 5.54 Å². The Morgan fingerprint density at radius 3 is 2.54 bits per heavy atom. The highest BCUT2D eigenvalue weighted by atomic mass is 14.8. The van der Waals surface area contributed by atoms with E-state index in [1.54, 1.807) is 0 Å². The van der Waals surface area contributed by atoms with Crippen LogP contribution in [0, 0.1) is 23.7 Å². The summed E-state index contributed by atoms with van der Waals surface area (Å²) in [6, 6.07) is 0. The van der Waals surface area contributed by atoms with Gasteiger partial charge < -0.3 is 5.73 Å². The van der Waals surface area contributed by atoms with Crippen molar-refractivity contribution >= 4 is 0 Å². The van der Waals surface area contributed by atoms with Crippen LogP contribution in [-0.2, 0) is 0 Å². The first-order valence-corrected chi connectivity index (χ1v) is 5.79.